The molecule has 188 valence electrons. The molecule has 0 aromatic heterocycles. The number of hydrogen-bond acceptors (Lipinski definition) is 6. The molecule has 4 fully saturated rings. The Morgan fingerprint density at radius 1 is 1.03 bits per heavy atom. The SMILES string of the molecule is O=C(Cc1cccc2ccccc12)OCC12CC3CC(C1)C(OC(=O)C(F)(F)S(=O)(=O)O)C(C3)C2. The van der Waals surface area contributed by atoms with Crippen LogP contribution < -0.4 is 0 Å². The molecule has 2 aromatic carbocycles. The molecule has 2 aromatic rings. The van der Waals surface area contributed by atoms with Crippen molar-refractivity contribution in [3.63, 3.8) is 0 Å². The van der Waals surface area contributed by atoms with Gasteiger partial charge in [-0.15, -0.1) is 0 Å². The predicted octanol–water partition coefficient (Wildman–Crippen LogP) is 4.14. The van der Waals surface area contributed by atoms with E-state index in [1.54, 1.807) is 0 Å². The van der Waals surface area contributed by atoms with Gasteiger partial charge in [-0.2, -0.15) is 17.2 Å². The third kappa shape index (κ3) is 4.42. The Morgan fingerprint density at radius 3 is 2.37 bits per heavy atom. The van der Waals surface area contributed by atoms with E-state index in [9.17, 15) is 26.8 Å². The highest BCUT2D eigenvalue weighted by molar-refractivity contribution is 7.87. The van der Waals surface area contributed by atoms with Crippen LogP contribution in [-0.4, -0.2) is 42.9 Å². The van der Waals surface area contributed by atoms with Gasteiger partial charge in [-0.1, -0.05) is 42.5 Å². The van der Waals surface area contributed by atoms with E-state index < -0.39 is 27.4 Å². The largest absolute Gasteiger partial charge is 0.465 e. The Kier molecular flexibility index (Phi) is 5.87. The molecule has 35 heavy (non-hydrogen) atoms. The quantitative estimate of drug-likeness (QED) is 0.442. The van der Waals surface area contributed by atoms with E-state index in [4.69, 9.17) is 14.0 Å². The Bertz CT molecular complexity index is 1250. The highest BCUT2D eigenvalue weighted by atomic mass is 32.2. The summed E-state index contributed by atoms with van der Waals surface area (Å²) in [6.07, 6.45) is 2.58. The summed E-state index contributed by atoms with van der Waals surface area (Å²) >= 11 is 0. The number of fused-ring (bicyclic) bond motifs is 1. The minimum Gasteiger partial charge on any atom is -0.465 e. The van der Waals surface area contributed by atoms with Crippen molar-refractivity contribution in [3.8, 4) is 0 Å². The number of benzene rings is 2. The molecule has 4 aliphatic rings. The molecule has 6 rings (SSSR count). The first-order chi connectivity index (χ1) is 16.5. The summed E-state index contributed by atoms with van der Waals surface area (Å²) in [5.74, 6) is -2.72. The third-order valence-corrected chi connectivity index (χ3v) is 8.69. The van der Waals surface area contributed by atoms with Crippen molar-refractivity contribution in [2.75, 3.05) is 6.61 Å². The molecule has 4 bridgehead atoms. The van der Waals surface area contributed by atoms with Crippen molar-refractivity contribution in [2.45, 2.75) is 49.9 Å². The van der Waals surface area contributed by atoms with Gasteiger partial charge in [0.05, 0.1) is 13.0 Å². The van der Waals surface area contributed by atoms with Gasteiger partial charge in [0.25, 0.3) is 0 Å². The van der Waals surface area contributed by atoms with Gasteiger partial charge in [0.1, 0.15) is 6.10 Å². The summed E-state index contributed by atoms with van der Waals surface area (Å²) in [6.45, 7) is 0.210. The zero-order valence-corrected chi connectivity index (χ0v) is 19.7. The van der Waals surface area contributed by atoms with Gasteiger partial charge in [0.2, 0.25) is 0 Å². The molecule has 1 N–H and O–H groups in total. The molecule has 0 heterocycles. The van der Waals surface area contributed by atoms with Crippen molar-refractivity contribution >= 4 is 32.8 Å². The average Bonchev–Trinajstić information content (AvgIpc) is 2.79. The third-order valence-electron chi connectivity index (χ3n) is 7.87. The molecule has 0 aliphatic heterocycles. The van der Waals surface area contributed by atoms with E-state index >= 15 is 0 Å². The van der Waals surface area contributed by atoms with Crippen LogP contribution in [0.15, 0.2) is 42.5 Å². The van der Waals surface area contributed by atoms with Crippen LogP contribution in [0.2, 0.25) is 0 Å². The predicted molar refractivity (Wildman–Crippen MR) is 121 cm³/mol. The first-order valence-corrected chi connectivity index (χ1v) is 13.1. The number of alkyl halides is 2. The number of halogens is 2. The molecule has 2 atom stereocenters. The smallest absolute Gasteiger partial charge is 0.465 e. The highest BCUT2D eigenvalue weighted by Gasteiger charge is 2.60. The molecule has 0 saturated heterocycles. The second-order valence-electron chi connectivity index (χ2n) is 10.3. The lowest BCUT2D eigenvalue weighted by Gasteiger charge is -2.59. The van der Waals surface area contributed by atoms with Gasteiger partial charge in [-0.05, 0) is 66.2 Å². The summed E-state index contributed by atoms with van der Waals surface area (Å²) in [7, 11) is -5.91. The number of hydrogen-bond donors (Lipinski definition) is 1. The van der Waals surface area contributed by atoms with Gasteiger partial charge >= 0.3 is 27.3 Å². The second kappa shape index (κ2) is 8.51. The van der Waals surface area contributed by atoms with E-state index in [-0.39, 0.29) is 36.2 Å². The van der Waals surface area contributed by atoms with Crippen LogP contribution in [0.5, 0.6) is 0 Å². The Hall–Kier alpha value is -2.59. The number of rotatable bonds is 7. The summed E-state index contributed by atoms with van der Waals surface area (Å²) in [6, 6.07) is 13.6. The summed E-state index contributed by atoms with van der Waals surface area (Å²) < 4.78 is 68.7. The molecule has 0 amide bonds. The monoisotopic (exact) mass is 508 g/mol. The number of carbonyl (C=O) groups is 2. The molecular weight excluding hydrogens is 482 g/mol. The average molecular weight is 509 g/mol. The van der Waals surface area contributed by atoms with Gasteiger partial charge in [-0.25, -0.2) is 4.79 Å². The van der Waals surface area contributed by atoms with E-state index in [1.165, 1.54) is 0 Å². The Labute approximate surface area is 201 Å². The van der Waals surface area contributed by atoms with Crippen LogP contribution in [0.3, 0.4) is 0 Å². The number of ether oxygens (including phenoxy) is 2. The summed E-state index contributed by atoms with van der Waals surface area (Å²) in [4.78, 5) is 24.6. The highest BCUT2D eigenvalue weighted by Crippen LogP contribution is 2.61. The maximum atomic E-state index is 13.7. The number of esters is 2. The lowest BCUT2D eigenvalue weighted by atomic mass is 9.49. The minimum atomic E-state index is -5.91. The van der Waals surface area contributed by atoms with Crippen molar-refractivity contribution in [3.05, 3.63) is 48.0 Å². The molecular formula is C25H26F2O7S. The zero-order chi connectivity index (χ0) is 25.0. The molecule has 0 radical (unpaired) electrons. The van der Waals surface area contributed by atoms with Crippen molar-refractivity contribution in [1.29, 1.82) is 0 Å². The zero-order valence-electron chi connectivity index (χ0n) is 18.9. The fraction of sp³-hybridized carbons (Fsp3) is 0.520. The second-order valence-corrected chi connectivity index (χ2v) is 11.8. The lowest BCUT2D eigenvalue weighted by Crippen LogP contribution is -2.57. The normalized spacial score (nSPS) is 29.8. The van der Waals surface area contributed by atoms with Gasteiger partial charge in [-0.3, -0.25) is 9.35 Å². The van der Waals surface area contributed by atoms with E-state index in [0.29, 0.717) is 31.6 Å². The van der Waals surface area contributed by atoms with Crippen LogP contribution in [0.1, 0.15) is 37.7 Å². The topological polar surface area (TPSA) is 107 Å². The summed E-state index contributed by atoms with van der Waals surface area (Å²) in [5, 5.41) is -2.97. The molecule has 4 aliphatic carbocycles. The van der Waals surface area contributed by atoms with Gasteiger partial charge in [0.15, 0.2) is 0 Å². The molecule has 7 nitrogen and oxygen atoms in total. The van der Waals surface area contributed by atoms with E-state index in [0.717, 1.165) is 22.8 Å². The fourth-order valence-corrected chi connectivity index (χ4v) is 6.96. The van der Waals surface area contributed by atoms with Crippen molar-refractivity contribution < 1.29 is 40.8 Å². The van der Waals surface area contributed by atoms with Gasteiger partial charge < -0.3 is 9.47 Å². The Balaban J connectivity index is 1.23. The first-order valence-electron chi connectivity index (χ1n) is 11.7. The fourth-order valence-electron chi connectivity index (χ4n) is 6.70. The van der Waals surface area contributed by atoms with E-state index in [2.05, 4.69) is 0 Å². The first kappa shape index (κ1) is 24.1. The van der Waals surface area contributed by atoms with Crippen LogP contribution >= 0.6 is 0 Å². The molecule has 2 unspecified atom stereocenters. The molecule has 0 spiro atoms. The Morgan fingerprint density at radius 2 is 1.69 bits per heavy atom. The van der Waals surface area contributed by atoms with Crippen LogP contribution in [-0.2, 0) is 35.6 Å². The maximum Gasteiger partial charge on any atom is 0.465 e. The minimum absolute atomic E-state index is 0.138. The maximum absolute atomic E-state index is 13.7. The standard InChI is InChI=1S/C25H26F2O7S/c26-25(27,35(30,31)32)23(29)34-22-18-8-15-9-19(22)13-24(11-15,12-18)14-33-21(28)10-17-6-3-5-16-4-1-2-7-20(16)17/h1-7,15,18-19,22H,8-14H2,(H,30,31,32). The van der Waals surface area contributed by atoms with Crippen molar-refractivity contribution in [2.24, 2.45) is 23.2 Å². The van der Waals surface area contributed by atoms with Crippen LogP contribution in [0.25, 0.3) is 10.8 Å². The van der Waals surface area contributed by atoms with Gasteiger partial charge in [0, 0.05) is 5.41 Å². The van der Waals surface area contributed by atoms with E-state index in [1.807, 2.05) is 42.5 Å². The van der Waals surface area contributed by atoms with Crippen molar-refractivity contribution in [1.82, 2.24) is 0 Å². The van der Waals surface area contributed by atoms with Crippen LogP contribution in [0, 0.1) is 23.2 Å². The molecule has 4 saturated carbocycles. The lowest BCUT2D eigenvalue weighted by molar-refractivity contribution is -0.200. The summed E-state index contributed by atoms with van der Waals surface area (Å²) in [5.41, 5.74) is 0.574. The molecule has 10 heteroatoms. The van der Waals surface area contributed by atoms with Crippen LogP contribution in [0.4, 0.5) is 8.78 Å². The number of carbonyl (C=O) groups excluding carboxylic acids is 2.